The number of hydrogen-bond acceptors (Lipinski definition) is 7. The van der Waals surface area contributed by atoms with Crippen LogP contribution < -0.4 is 10.2 Å². The third kappa shape index (κ3) is 3.89. The number of nitrogens with one attached hydrogen (secondary N) is 1. The van der Waals surface area contributed by atoms with Crippen molar-refractivity contribution in [3.05, 3.63) is 5.28 Å². The molecule has 0 amide bonds. The molecule has 7 nitrogen and oxygen atoms in total. The topological polar surface area (TPSA) is 94.4 Å². The maximum Gasteiger partial charge on any atom is 0.231 e. The molecule has 3 N–H and O–H groups in total. The molecule has 1 aromatic rings. The molecule has 1 aliphatic heterocycles. The standard InChI is InChI=1S/C11H18ClN5O2/c12-9-14-10(13-8(6-18)7-19)16-11(15-9)17-4-2-1-3-5-17/h8,18-19H,1-7H2,(H,13,14,15,16). The van der Waals surface area contributed by atoms with Crippen molar-refractivity contribution in [3.63, 3.8) is 0 Å². The highest BCUT2D eigenvalue weighted by Crippen LogP contribution is 2.18. The van der Waals surface area contributed by atoms with Crippen LogP contribution in [0.1, 0.15) is 19.3 Å². The highest BCUT2D eigenvalue weighted by molar-refractivity contribution is 6.28. The number of aliphatic hydroxyl groups is 2. The Morgan fingerprint density at radius 2 is 1.79 bits per heavy atom. The van der Waals surface area contributed by atoms with E-state index < -0.39 is 6.04 Å². The van der Waals surface area contributed by atoms with Gasteiger partial charge < -0.3 is 20.4 Å². The number of halogens is 1. The van der Waals surface area contributed by atoms with Gasteiger partial charge in [-0.25, -0.2) is 0 Å². The Morgan fingerprint density at radius 3 is 2.42 bits per heavy atom. The van der Waals surface area contributed by atoms with Crippen molar-refractivity contribution in [1.29, 1.82) is 0 Å². The van der Waals surface area contributed by atoms with Crippen molar-refractivity contribution in [3.8, 4) is 0 Å². The minimum Gasteiger partial charge on any atom is -0.394 e. The summed E-state index contributed by atoms with van der Waals surface area (Å²) in [6, 6.07) is -0.507. The van der Waals surface area contributed by atoms with E-state index in [9.17, 15) is 0 Å². The van der Waals surface area contributed by atoms with Crippen molar-refractivity contribution < 1.29 is 10.2 Å². The molecule has 1 fully saturated rings. The molecule has 2 rings (SSSR count). The minimum absolute atomic E-state index is 0.104. The van der Waals surface area contributed by atoms with E-state index in [1.807, 2.05) is 0 Å². The van der Waals surface area contributed by atoms with E-state index >= 15 is 0 Å². The zero-order valence-corrected chi connectivity index (χ0v) is 11.3. The highest BCUT2D eigenvalue weighted by Gasteiger charge is 2.16. The zero-order valence-electron chi connectivity index (χ0n) is 10.6. The first-order chi connectivity index (χ1) is 9.22. The lowest BCUT2D eigenvalue weighted by Crippen LogP contribution is -2.32. The van der Waals surface area contributed by atoms with Crippen molar-refractivity contribution in [2.45, 2.75) is 25.3 Å². The lowest BCUT2D eigenvalue weighted by atomic mass is 10.1. The van der Waals surface area contributed by atoms with Crippen LogP contribution in [0, 0.1) is 0 Å². The van der Waals surface area contributed by atoms with Crippen LogP contribution in [0.15, 0.2) is 0 Å². The third-order valence-electron chi connectivity index (χ3n) is 3.01. The van der Waals surface area contributed by atoms with E-state index in [-0.39, 0.29) is 24.4 Å². The first-order valence-corrected chi connectivity index (χ1v) is 6.75. The molecular formula is C11H18ClN5O2. The molecule has 0 saturated carbocycles. The Bertz CT molecular complexity index is 410. The number of aliphatic hydroxyl groups excluding tert-OH is 2. The molecule has 0 radical (unpaired) electrons. The van der Waals surface area contributed by atoms with Gasteiger partial charge >= 0.3 is 0 Å². The van der Waals surface area contributed by atoms with Crippen molar-refractivity contribution in [2.75, 3.05) is 36.5 Å². The molecule has 106 valence electrons. The second-order valence-corrected chi connectivity index (χ2v) is 4.82. The van der Waals surface area contributed by atoms with E-state index in [0.29, 0.717) is 5.95 Å². The van der Waals surface area contributed by atoms with Crippen molar-refractivity contribution in [1.82, 2.24) is 15.0 Å². The second kappa shape index (κ2) is 6.83. The van der Waals surface area contributed by atoms with E-state index in [4.69, 9.17) is 21.8 Å². The number of hydrogen-bond donors (Lipinski definition) is 3. The van der Waals surface area contributed by atoms with E-state index in [1.54, 1.807) is 0 Å². The van der Waals surface area contributed by atoms with Gasteiger partial charge in [0.25, 0.3) is 0 Å². The molecule has 0 unspecified atom stereocenters. The molecule has 19 heavy (non-hydrogen) atoms. The zero-order chi connectivity index (χ0) is 13.7. The number of nitrogens with zero attached hydrogens (tertiary/aromatic N) is 4. The molecule has 0 bridgehead atoms. The fourth-order valence-electron chi connectivity index (χ4n) is 1.97. The largest absolute Gasteiger partial charge is 0.394 e. The molecule has 0 spiro atoms. The Hall–Kier alpha value is -1.18. The average molecular weight is 288 g/mol. The normalized spacial score (nSPS) is 15.9. The number of aromatic nitrogens is 3. The minimum atomic E-state index is -0.507. The first kappa shape index (κ1) is 14.2. The third-order valence-corrected chi connectivity index (χ3v) is 3.18. The smallest absolute Gasteiger partial charge is 0.231 e. The molecule has 2 heterocycles. The van der Waals surface area contributed by atoms with Gasteiger partial charge in [0.2, 0.25) is 17.2 Å². The summed E-state index contributed by atoms with van der Waals surface area (Å²) in [5, 5.41) is 21.0. The monoisotopic (exact) mass is 287 g/mol. The summed E-state index contributed by atoms with van der Waals surface area (Å²) in [5.74, 6) is 0.811. The lowest BCUT2D eigenvalue weighted by Gasteiger charge is -2.26. The van der Waals surface area contributed by atoms with Crippen LogP contribution in [-0.2, 0) is 0 Å². The Morgan fingerprint density at radius 1 is 1.11 bits per heavy atom. The van der Waals surface area contributed by atoms with Gasteiger partial charge in [-0.05, 0) is 30.9 Å². The van der Waals surface area contributed by atoms with Gasteiger partial charge in [0.05, 0.1) is 19.3 Å². The fraction of sp³-hybridized carbons (Fsp3) is 0.727. The van der Waals surface area contributed by atoms with E-state index in [1.165, 1.54) is 6.42 Å². The van der Waals surface area contributed by atoms with Crippen LogP contribution >= 0.6 is 11.6 Å². The Balaban J connectivity index is 2.13. The van der Waals surface area contributed by atoms with Gasteiger partial charge in [-0.1, -0.05) is 0 Å². The van der Waals surface area contributed by atoms with E-state index in [2.05, 4.69) is 25.2 Å². The van der Waals surface area contributed by atoms with Crippen LogP contribution in [0.3, 0.4) is 0 Å². The molecule has 0 aliphatic carbocycles. The summed E-state index contributed by atoms with van der Waals surface area (Å²) in [6.45, 7) is 1.39. The molecule has 8 heteroatoms. The first-order valence-electron chi connectivity index (χ1n) is 6.37. The van der Waals surface area contributed by atoms with E-state index in [0.717, 1.165) is 25.9 Å². The highest BCUT2D eigenvalue weighted by atomic mass is 35.5. The van der Waals surface area contributed by atoms with Crippen LogP contribution in [-0.4, -0.2) is 57.5 Å². The van der Waals surface area contributed by atoms with Crippen LogP contribution in [0.4, 0.5) is 11.9 Å². The van der Waals surface area contributed by atoms with Gasteiger partial charge in [-0.15, -0.1) is 0 Å². The molecule has 0 atom stereocenters. The molecule has 1 aliphatic rings. The van der Waals surface area contributed by atoms with Crippen molar-refractivity contribution in [2.24, 2.45) is 0 Å². The van der Waals surface area contributed by atoms with Gasteiger partial charge in [-0.2, -0.15) is 15.0 Å². The SMILES string of the molecule is OCC(CO)Nc1nc(Cl)nc(N2CCCCC2)n1. The van der Waals surface area contributed by atoms with Crippen LogP contribution in [0.5, 0.6) is 0 Å². The van der Waals surface area contributed by atoms with Gasteiger partial charge in [0.1, 0.15) is 0 Å². The van der Waals surface area contributed by atoms with Gasteiger partial charge in [0, 0.05) is 13.1 Å². The Kier molecular flexibility index (Phi) is 5.12. The van der Waals surface area contributed by atoms with Gasteiger partial charge in [0.15, 0.2) is 0 Å². The number of rotatable bonds is 5. The number of anilines is 2. The maximum atomic E-state index is 9.04. The second-order valence-electron chi connectivity index (χ2n) is 4.48. The summed E-state index contributed by atoms with van der Waals surface area (Å²) in [7, 11) is 0. The summed E-state index contributed by atoms with van der Waals surface area (Å²) in [4.78, 5) is 14.4. The number of piperidine rings is 1. The summed E-state index contributed by atoms with van der Waals surface area (Å²) in [5.41, 5.74) is 0. The predicted octanol–water partition coefficient (Wildman–Crippen LogP) is 0.280. The summed E-state index contributed by atoms with van der Waals surface area (Å²) in [6.07, 6.45) is 3.45. The molecule has 0 aromatic carbocycles. The molecule has 1 aromatic heterocycles. The summed E-state index contributed by atoms with van der Waals surface area (Å²) < 4.78 is 0. The molecule has 1 saturated heterocycles. The summed E-state index contributed by atoms with van der Waals surface area (Å²) >= 11 is 5.89. The Labute approximate surface area is 116 Å². The van der Waals surface area contributed by atoms with Gasteiger partial charge in [-0.3, -0.25) is 0 Å². The van der Waals surface area contributed by atoms with Crippen molar-refractivity contribution >= 4 is 23.5 Å². The predicted molar refractivity (Wildman–Crippen MR) is 72.5 cm³/mol. The maximum absolute atomic E-state index is 9.04. The van der Waals surface area contributed by atoms with Crippen LogP contribution in [0.2, 0.25) is 5.28 Å². The quantitative estimate of drug-likeness (QED) is 0.716. The fourth-order valence-corrected chi connectivity index (χ4v) is 2.13. The molecular weight excluding hydrogens is 270 g/mol. The van der Waals surface area contributed by atoms with Crippen LogP contribution in [0.25, 0.3) is 0 Å². The average Bonchev–Trinajstić information content (AvgIpc) is 2.45. The lowest BCUT2D eigenvalue weighted by molar-refractivity contribution is 0.203.